The number of halogens is 3. The van der Waals surface area contributed by atoms with E-state index in [2.05, 4.69) is 0 Å². The van der Waals surface area contributed by atoms with Gasteiger partial charge in [0.25, 0.3) is 0 Å². The van der Waals surface area contributed by atoms with E-state index in [1.807, 2.05) is 0 Å². The molecular weight excluding hydrogens is 214 g/mol. The molecule has 0 heterocycles. The molecule has 0 saturated heterocycles. The van der Waals surface area contributed by atoms with Crippen LogP contribution in [0.2, 0.25) is 5.02 Å². The Morgan fingerprint density at radius 2 is 2.15 bits per heavy atom. The lowest BCUT2D eigenvalue weighted by molar-refractivity contribution is -0.116. The molecule has 1 rings (SSSR count). The molecule has 0 atom stereocenters. The minimum absolute atomic E-state index is 0.0466. The first-order valence-electron chi connectivity index (χ1n) is 3.65. The highest BCUT2D eigenvalue weighted by Gasteiger charge is 2.10. The van der Waals surface area contributed by atoms with Gasteiger partial charge in [-0.05, 0) is 12.1 Å². The standard InChI is InChI=1S/C9H7Cl2FO/c10-5-6(13)4-7-8(11)2-1-3-9(7)12/h1-3H,4-5H2. The molecule has 70 valence electrons. The number of carbonyl (C=O) groups is 1. The van der Waals surface area contributed by atoms with Gasteiger partial charge in [0.15, 0.2) is 5.78 Å². The van der Waals surface area contributed by atoms with Crippen molar-refractivity contribution in [3.05, 3.63) is 34.6 Å². The van der Waals surface area contributed by atoms with E-state index in [1.165, 1.54) is 12.1 Å². The number of hydrogen-bond donors (Lipinski definition) is 0. The van der Waals surface area contributed by atoms with Crippen molar-refractivity contribution in [1.82, 2.24) is 0 Å². The lowest BCUT2D eigenvalue weighted by Gasteiger charge is -2.02. The summed E-state index contributed by atoms with van der Waals surface area (Å²) in [4.78, 5) is 10.9. The molecule has 0 saturated carbocycles. The van der Waals surface area contributed by atoms with Crippen LogP contribution in [0.25, 0.3) is 0 Å². The summed E-state index contributed by atoms with van der Waals surface area (Å²) < 4.78 is 13.1. The highest BCUT2D eigenvalue weighted by atomic mass is 35.5. The van der Waals surface area contributed by atoms with Crippen molar-refractivity contribution in [3.8, 4) is 0 Å². The van der Waals surface area contributed by atoms with Gasteiger partial charge in [0.1, 0.15) is 5.82 Å². The van der Waals surface area contributed by atoms with E-state index < -0.39 is 5.82 Å². The maximum atomic E-state index is 13.1. The van der Waals surface area contributed by atoms with Crippen LogP contribution in [0.15, 0.2) is 18.2 Å². The van der Waals surface area contributed by atoms with E-state index in [0.29, 0.717) is 0 Å². The fourth-order valence-corrected chi connectivity index (χ4v) is 1.27. The van der Waals surface area contributed by atoms with Gasteiger partial charge < -0.3 is 0 Å². The first kappa shape index (κ1) is 10.5. The maximum Gasteiger partial charge on any atom is 0.152 e. The number of alkyl halides is 1. The van der Waals surface area contributed by atoms with Crippen LogP contribution in [0.3, 0.4) is 0 Å². The third-order valence-corrected chi connectivity index (χ3v) is 2.24. The second-order valence-electron chi connectivity index (χ2n) is 2.55. The fraction of sp³-hybridized carbons (Fsp3) is 0.222. The van der Waals surface area contributed by atoms with Gasteiger partial charge in [0, 0.05) is 17.0 Å². The summed E-state index contributed by atoms with van der Waals surface area (Å²) in [6, 6.07) is 4.30. The summed E-state index contributed by atoms with van der Waals surface area (Å²) in [5.41, 5.74) is 0.217. The topological polar surface area (TPSA) is 17.1 Å². The van der Waals surface area contributed by atoms with Crippen molar-refractivity contribution in [2.75, 3.05) is 5.88 Å². The molecule has 0 aliphatic heterocycles. The largest absolute Gasteiger partial charge is 0.298 e. The van der Waals surface area contributed by atoms with Gasteiger partial charge in [-0.25, -0.2) is 4.39 Å². The average molecular weight is 221 g/mol. The van der Waals surface area contributed by atoms with Gasteiger partial charge in [-0.2, -0.15) is 0 Å². The molecule has 0 amide bonds. The molecule has 1 aromatic carbocycles. The average Bonchev–Trinajstić information content (AvgIpc) is 2.11. The minimum atomic E-state index is -0.467. The van der Waals surface area contributed by atoms with Crippen LogP contribution in [-0.4, -0.2) is 11.7 Å². The molecule has 0 aliphatic carbocycles. The van der Waals surface area contributed by atoms with Gasteiger partial charge in [0.2, 0.25) is 0 Å². The van der Waals surface area contributed by atoms with Crippen molar-refractivity contribution >= 4 is 29.0 Å². The second kappa shape index (κ2) is 4.58. The number of Topliss-reactive ketones (excluding diaryl/α,β-unsaturated/α-hetero) is 1. The number of carbonyl (C=O) groups excluding carboxylic acids is 1. The summed E-state index contributed by atoms with van der Waals surface area (Å²) >= 11 is 11.0. The SMILES string of the molecule is O=C(CCl)Cc1c(F)cccc1Cl. The third-order valence-electron chi connectivity index (χ3n) is 1.58. The fourth-order valence-electron chi connectivity index (χ4n) is 0.946. The van der Waals surface area contributed by atoms with Crippen LogP contribution in [-0.2, 0) is 11.2 Å². The molecule has 1 nitrogen and oxygen atoms in total. The van der Waals surface area contributed by atoms with E-state index in [0.717, 1.165) is 0 Å². The predicted molar refractivity (Wildman–Crippen MR) is 50.8 cm³/mol. The van der Waals surface area contributed by atoms with Gasteiger partial charge in [0.05, 0.1) is 5.88 Å². The van der Waals surface area contributed by atoms with Crippen molar-refractivity contribution < 1.29 is 9.18 Å². The highest BCUT2D eigenvalue weighted by molar-refractivity contribution is 6.32. The highest BCUT2D eigenvalue weighted by Crippen LogP contribution is 2.19. The summed E-state index contributed by atoms with van der Waals surface area (Å²) in [6.45, 7) is 0. The number of hydrogen-bond acceptors (Lipinski definition) is 1. The Bertz CT molecular complexity index is 305. The Balaban J connectivity index is 2.93. The molecule has 0 radical (unpaired) electrons. The number of benzene rings is 1. The van der Waals surface area contributed by atoms with Gasteiger partial charge in [-0.15, -0.1) is 11.6 Å². The summed E-state index contributed by atoms with van der Waals surface area (Å²) in [5, 5.41) is 0.262. The maximum absolute atomic E-state index is 13.1. The normalized spacial score (nSPS) is 10.1. The van der Waals surface area contributed by atoms with Crippen LogP contribution < -0.4 is 0 Å². The van der Waals surface area contributed by atoms with Crippen molar-refractivity contribution in [2.45, 2.75) is 6.42 Å². The first-order valence-corrected chi connectivity index (χ1v) is 4.57. The molecule has 0 aromatic heterocycles. The molecule has 13 heavy (non-hydrogen) atoms. The van der Waals surface area contributed by atoms with E-state index in [1.54, 1.807) is 6.07 Å². The van der Waals surface area contributed by atoms with Crippen LogP contribution in [0, 0.1) is 5.82 Å². The Hall–Kier alpha value is -0.600. The Labute approximate surface area is 85.5 Å². The molecule has 0 spiro atoms. The molecule has 1 aromatic rings. The molecule has 0 N–H and O–H groups in total. The van der Waals surface area contributed by atoms with E-state index in [9.17, 15) is 9.18 Å². The summed E-state index contributed by atoms with van der Waals surface area (Å²) in [6.07, 6.45) is -0.0466. The van der Waals surface area contributed by atoms with Crippen molar-refractivity contribution in [2.24, 2.45) is 0 Å². The van der Waals surface area contributed by atoms with Crippen LogP contribution in [0.1, 0.15) is 5.56 Å². The Morgan fingerprint density at radius 1 is 1.46 bits per heavy atom. The van der Waals surface area contributed by atoms with E-state index in [-0.39, 0.29) is 28.7 Å². The molecule has 0 fully saturated rings. The molecule has 0 bridgehead atoms. The van der Waals surface area contributed by atoms with Crippen molar-refractivity contribution in [1.29, 1.82) is 0 Å². The zero-order valence-electron chi connectivity index (χ0n) is 6.69. The van der Waals surface area contributed by atoms with Gasteiger partial charge in [-0.3, -0.25) is 4.79 Å². The van der Waals surface area contributed by atoms with Crippen LogP contribution in [0.4, 0.5) is 4.39 Å². The van der Waals surface area contributed by atoms with E-state index in [4.69, 9.17) is 23.2 Å². The lowest BCUT2D eigenvalue weighted by atomic mass is 10.1. The monoisotopic (exact) mass is 220 g/mol. The van der Waals surface area contributed by atoms with Crippen molar-refractivity contribution in [3.63, 3.8) is 0 Å². The first-order chi connectivity index (χ1) is 6.15. The van der Waals surface area contributed by atoms with Crippen LogP contribution >= 0.6 is 23.2 Å². The molecule has 0 unspecified atom stereocenters. The molecule has 4 heteroatoms. The Morgan fingerprint density at radius 3 is 2.69 bits per heavy atom. The van der Waals surface area contributed by atoms with Crippen LogP contribution in [0.5, 0.6) is 0 Å². The van der Waals surface area contributed by atoms with Gasteiger partial charge >= 0.3 is 0 Å². The molecule has 0 aliphatic rings. The third kappa shape index (κ3) is 2.68. The quantitative estimate of drug-likeness (QED) is 0.717. The lowest BCUT2D eigenvalue weighted by Crippen LogP contribution is -2.06. The summed E-state index contributed by atoms with van der Waals surface area (Å²) in [7, 11) is 0. The predicted octanol–water partition coefficient (Wildman–Crippen LogP) is 2.83. The summed E-state index contributed by atoms with van der Waals surface area (Å²) in [5.74, 6) is -0.829. The second-order valence-corrected chi connectivity index (χ2v) is 3.22. The smallest absolute Gasteiger partial charge is 0.152 e. The zero-order valence-corrected chi connectivity index (χ0v) is 8.20. The zero-order chi connectivity index (χ0) is 9.84. The number of ketones is 1. The molecular formula is C9H7Cl2FO. The Kier molecular flexibility index (Phi) is 3.70. The minimum Gasteiger partial charge on any atom is -0.298 e. The van der Waals surface area contributed by atoms with E-state index >= 15 is 0 Å². The van der Waals surface area contributed by atoms with Gasteiger partial charge in [-0.1, -0.05) is 17.7 Å². The number of rotatable bonds is 3.